The van der Waals surface area contributed by atoms with Crippen molar-refractivity contribution in [1.29, 1.82) is 0 Å². The van der Waals surface area contributed by atoms with Gasteiger partial charge in [-0.05, 0) is 44.9 Å². The zero-order valence-corrected chi connectivity index (χ0v) is 18.3. The van der Waals surface area contributed by atoms with Gasteiger partial charge in [-0.2, -0.15) is 0 Å². The molecule has 0 saturated heterocycles. The van der Waals surface area contributed by atoms with E-state index < -0.39 is 0 Å². The Kier molecular flexibility index (Phi) is 17.8. The van der Waals surface area contributed by atoms with Crippen LogP contribution in [0.4, 0.5) is 0 Å². The first-order chi connectivity index (χ1) is 12.6. The third-order valence-corrected chi connectivity index (χ3v) is 5.51. The van der Waals surface area contributed by atoms with E-state index in [9.17, 15) is 5.11 Å². The predicted octanol–water partition coefficient (Wildman–Crippen LogP) is 7.29. The highest BCUT2D eigenvalue weighted by Gasteiger charge is 2.21. The standard InChI is InChI=1S/C24H49NO/c1-4-7-8-15-18-23(26)19-16-13-11-9-10-12-14-17-22-24(25,20-5-2)21-6-3/h13,16,23,26H,4-12,14-15,17-22,25H2,1-3H3/b16-13-/t23-/m1/s1. The summed E-state index contributed by atoms with van der Waals surface area (Å²) in [7, 11) is 0. The number of unbranched alkanes of at least 4 members (excludes halogenated alkanes) is 8. The number of hydrogen-bond acceptors (Lipinski definition) is 2. The first kappa shape index (κ1) is 25.7. The molecule has 0 aromatic heterocycles. The SMILES string of the molecule is CCCCCC[C@@H](O)C/C=C\CCCCCCCC(N)(CCC)CCC. The molecular formula is C24H49NO. The fraction of sp³-hybridized carbons (Fsp3) is 0.917. The second kappa shape index (κ2) is 18.0. The average molecular weight is 368 g/mol. The van der Waals surface area contributed by atoms with Crippen molar-refractivity contribution in [1.82, 2.24) is 0 Å². The van der Waals surface area contributed by atoms with Gasteiger partial charge in [0, 0.05) is 5.54 Å². The second-order valence-electron chi connectivity index (χ2n) is 8.38. The number of nitrogens with two attached hydrogens (primary N) is 1. The van der Waals surface area contributed by atoms with E-state index in [0.29, 0.717) is 0 Å². The smallest absolute Gasteiger partial charge is 0.0574 e. The summed E-state index contributed by atoms with van der Waals surface area (Å²) >= 11 is 0. The molecule has 0 aliphatic carbocycles. The number of aliphatic hydroxyl groups is 1. The van der Waals surface area contributed by atoms with Gasteiger partial charge in [0.2, 0.25) is 0 Å². The van der Waals surface area contributed by atoms with Gasteiger partial charge in [0.15, 0.2) is 0 Å². The van der Waals surface area contributed by atoms with Crippen molar-refractivity contribution in [2.24, 2.45) is 5.73 Å². The van der Waals surface area contributed by atoms with Crippen molar-refractivity contribution >= 4 is 0 Å². The van der Waals surface area contributed by atoms with Crippen LogP contribution in [0, 0.1) is 0 Å². The Bertz CT molecular complexity index is 307. The molecule has 2 nitrogen and oxygen atoms in total. The van der Waals surface area contributed by atoms with Crippen LogP contribution in [0.3, 0.4) is 0 Å². The van der Waals surface area contributed by atoms with E-state index in [1.807, 2.05) is 0 Å². The zero-order chi connectivity index (χ0) is 19.5. The van der Waals surface area contributed by atoms with Crippen LogP contribution < -0.4 is 5.73 Å². The summed E-state index contributed by atoms with van der Waals surface area (Å²) in [6.45, 7) is 6.72. The van der Waals surface area contributed by atoms with Gasteiger partial charge >= 0.3 is 0 Å². The van der Waals surface area contributed by atoms with Crippen LogP contribution in [0.15, 0.2) is 12.2 Å². The fourth-order valence-corrected chi connectivity index (χ4v) is 3.94. The summed E-state index contributed by atoms with van der Waals surface area (Å²) in [6, 6.07) is 0. The molecule has 0 unspecified atom stereocenters. The maximum Gasteiger partial charge on any atom is 0.0574 e. The molecule has 0 aliphatic heterocycles. The van der Waals surface area contributed by atoms with E-state index in [1.165, 1.54) is 89.9 Å². The Morgan fingerprint density at radius 2 is 1.35 bits per heavy atom. The largest absolute Gasteiger partial charge is 0.393 e. The lowest BCUT2D eigenvalue weighted by atomic mass is 9.84. The first-order valence-electron chi connectivity index (χ1n) is 11.7. The van der Waals surface area contributed by atoms with Gasteiger partial charge in [-0.3, -0.25) is 0 Å². The lowest BCUT2D eigenvalue weighted by molar-refractivity contribution is 0.163. The van der Waals surface area contributed by atoms with Crippen LogP contribution in [-0.2, 0) is 0 Å². The minimum atomic E-state index is -0.133. The van der Waals surface area contributed by atoms with Crippen molar-refractivity contribution in [3.05, 3.63) is 12.2 Å². The Balaban J connectivity index is 3.52. The molecule has 0 saturated carbocycles. The van der Waals surface area contributed by atoms with Crippen LogP contribution in [0.25, 0.3) is 0 Å². The van der Waals surface area contributed by atoms with Crippen molar-refractivity contribution in [3.63, 3.8) is 0 Å². The quantitative estimate of drug-likeness (QED) is 0.186. The fourth-order valence-electron chi connectivity index (χ4n) is 3.94. The third kappa shape index (κ3) is 15.9. The van der Waals surface area contributed by atoms with E-state index in [-0.39, 0.29) is 11.6 Å². The predicted molar refractivity (Wildman–Crippen MR) is 118 cm³/mol. The van der Waals surface area contributed by atoms with Crippen LogP contribution in [0.5, 0.6) is 0 Å². The van der Waals surface area contributed by atoms with Gasteiger partial charge in [0.25, 0.3) is 0 Å². The van der Waals surface area contributed by atoms with E-state index in [4.69, 9.17) is 5.73 Å². The minimum absolute atomic E-state index is 0.101. The lowest BCUT2D eigenvalue weighted by Gasteiger charge is -2.29. The van der Waals surface area contributed by atoms with Gasteiger partial charge in [-0.1, -0.05) is 97.1 Å². The summed E-state index contributed by atoms with van der Waals surface area (Å²) in [5, 5.41) is 9.93. The third-order valence-electron chi connectivity index (χ3n) is 5.51. The monoisotopic (exact) mass is 367 g/mol. The van der Waals surface area contributed by atoms with Gasteiger partial charge in [0.1, 0.15) is 0 Å². The molecular weight excluding hydrogens is 318 g/mol. The highest BCUT2D eigenvalue weighted by Crippen LogP contribution is 2.24. The molecule has 0 fully saturated rings. The van der Waals surface area contributed by atoms with Crippen molar-refractivity contribution in [3.8, 4) is 0 Å². The minimum Gasteiger partial charge on any atom is -0.393 e. The van der Waals surface area contributed by atoms with Crippen LogP contribution in [0.1, 0.15) is 130 Å². The molecule has 0 rings (SSSR count). The highest BCUT2D eigenvalue weighted by molar-refractivity contribution is 4.84. The molecule has 1 atom stereocenters. The Labute approximate surface area is 165 Å². The molecule has 0 heterocycles. The average Bonchev–Trinajstić information content (AvgIpc) is 2.61. The number of allylic oxidation sites excluding steroid dienone is 1. The maximum atomic E-state index is 9.93. The summed E-state index contributed by atoms with van der Waals surface area (Å²) in [6.07, 6.45) is 24.8. The normalized spacial score (nSPS) is 13.6. The Morgan fingerprint density at radius 3 is 2.00 bits per heavy atom. The molecule has 156 valence electrons. The van der Waals surface area contributed by atoms with E-state index in [2.05, 4.69) is 32.9 Å². The lowest BCUT2D eigenvalue weighted by Crippen LogP contribution is -2.39. The summed E-state index contributed by atoms with van der Waals surface area (Å²) in [5.41, 5.74) is 6.66. The molecule has 0 aliphatic rings. The zero-order valence-electron chi connectivity index (χ0n) is 18.3. The Hall–Kier alpha value is -0.340. The molecule has 0 amide bonds. The van der Waals surface area contributed by atoms with Gasteiger partial charge < -0.3 is 10.8 Å². The van der Waals surface area contributed by atoms with E-state index >= 15 is 0 Å². The van der Waals surface area contributed by atoms with Crippen molar-refractivity contribution in [2.75, 3.05) is 0 Å². The topological polar surface area (TPSA) is 46.2 Å². The Morgan fingerprint density at radius 1 is 0.731 bits per heavy atom. The van der Waals surface area contributed by atoms with E-state index in [0.717, 1.165) is 19.3 Å². The highest BCUT2D eigenvalue weighted by atomic mass is 16.3. The second-order valence-corrected chi connectivity index (χ2v) is 8.38. The molecule has 0 aromatic rings. The molecule has 0 spiro atoms. The van der Waals surface area contributed by atoms with Crippen molar-refractivity contribution < 1.29 is 5.11 Å². The number of aliphatic hydroxyl groups excluding tert-OH is 1. The van der Waals surface area contributed by atoms with Gasteiger partial charge in [-0.25, -0.2) is 0 Å². The van der Waals surface area contributed by atoms with Crippen LogP contribution in [0.2, 0.25) is 0 Å². The summed E-state index contributed by atoms with van der Waals surface area (Å²) in [5.74, 6) is 0. The van der Waals surface area contributed by atoms with Crippen molar-refractivity contribution in [2.45, 2.75) is 142 Å². The number of rotatable bonds is 19. The van der Waals surface area contributed by atoms with Gasteiger partial charge in [0.05, 0.1) is 6.10 Å². The first-order valence-corrected chi connectivity index (χ1v) is 11.7. The summed E-state index contributed by atoms with van der Waals surface area (Å²) in [4.78, 5) is 0. The molecule has 0 bridgehead atoms. The summed E-state index contributed by atoms with van der Waals surface area (Å²) < 4.78 is 0. The number of hydrogen-bond donors (Lipinski definition) is 2. The molecule has 26 heavy (non-hydrogen) atoms. The molecule has 0 radical (unpaired) electrons. The van der Waals surface area contributed by atoms with Crippen LogP contribution >= 0.6 is 0 Å². The molecule has 0 aromatic carbocycles. The van der Waals surface area contributed by atoms with Gasteiger partial charge in [-0.15, -0.1) is 0 Å². The maximum absolute atomic E-state index is 9.93. The van der Waals surface area contributed by atoms with E-state index in [1.54, 1.807) is 0 Å². The molecule has 3 N–H and O–H groups in total. The van der Waals surface area contributed by atoms with Crippen LogP contribution in [-0.4, -0.2) is 16.7 Å². The molecule has 2 heteroatoms.